The van der Waals surface area contributed by atoms with Crippen molar-refractivity contribution in [3.05, 3.63) is 22.7 Å². The Balaban J connectivity index is 1.66. The molecule has 0 aromatic heterocycles. The van der Waals surface area contributed by atoms with Crippen molar-refractivity contribution in [2.24, 2.45) is 0 Å². The molecule has 2 bridgehead atoms. The molecule has 2 unspecified atom stereocenters. The van der Waals surface area contributed by atoms with Crippen molar-refractivity contribution < 1.29 is 27.4 Å². The van der Waals surface area contributed by atoms with Crippen LogP contribution in [0.3, 0.4) is 0 Å². The number of piperazine rings is 1. The minimum atomic E-state index is -4.73. The molecule has 0 spiro atoms. The molecule has 144 valence electrons. The van der Waals surface area contributed by atoms with Gasteiger partial charge in [-0.1, -0.05) is 0 Å². The molecule has 3 fully saturated rings. The Morgan fingerprint density at radius 2 is 1.81 bits per heavy atom. The number of ether oxygens (including phenoxy) is 2. The smallest absolute Gasteiger partial charge is 0.444 e. The number of hydrogen-bond donors (Lipinski definition) is 0. The summed E-state index contributed by atoms with van der Waals surface area (Å²) in [6.45, 7) is 6.71. The maximum Gasteiger partial charge on any atom is 0.573 e. The van der Waals surface area contributed by atoms with E-state index in [-0.39, 0.29) is 28.4 Å². The summed E-state index contributed by atoms with van der Waals surface area (Å²) in [5.74, 6) is -0.279. The molecule has 3 aliphatic heterocycles. The highest BCUT2D eigenvalue weighted by atomic mass is 79.9. The summed E-state index contributed by atoms with van der Waals surface area (Å²) in [5, 5.41) is 0. The van der Waals surface area contributed by atoms with Crippen molar-refractivity contribution in [2.45, 2.75) is 51.2 Å². The Kier molecular flexibility index (Phi) is 4.79. The molecule has 26 heavy (non-hydrogen) atoms. The molecule has 0 aliphatic carbocycles. The van der Waals surface area contributed by atoms with Gasteiger partial charge in [0, 0.05) is 18.8 Å². The highest BCUT2D eigenvalue weighted by molar-refractivity contribution is 9.10. The van der Waals surface area contributed by atoms with Gasteiger partial charge in [-0.25, -0.2) is 4.79 Å². The molecule has 4 rings (SSSR count). The van der Waals surface area contributed by atoms with Crippen LogP contribution in [-0.4, -0.2) is 48.1 Å². The molecule has 1 aromatic carbocycles. The molecule has 0 N–H and O–H groups in total. The number of alkyl halides is 3. The number of benzene rings is 1. The minimum absolute atomic E-state index is 0.0495. The lowest BCUT2D eigenvalue weighted by Crippen LogP contribution is -2.70. The Morgan fingerprint density at radius 1 is 1.19 bits per heavy atom. The molecular weight excluding hydrogens is 417 g/mol. The zero-order valence-electron chi connectivity index (χ0n) is 14.6. The van der Waals surface area contributed by atoms with Gasteiger partial charge in [0.2, 0.25) is 0 Å². The van der Waals surface area contributed by atoms with Gasteiger partial charge in [-0.15, -0.1) is 13.2 Å². The first-order chi connectivity index (χ1) is 11.9. The lowest BCUT2D eigenvalue weighted by molar-refractivity contribution is -0.274. The normalized spacial score (nSPS) is 22.7. The van der Waals surface area contributed by atoms with E-state index in [4.69, 9.17) is 4.74 Å². The molecule has 2 atom stereocenters. The predicted molar refractivity (Wildman–Crippen MR) is 93.3 cm³/mol. The average Bonchev–Trinajstić information content (AvgIpc) is 2.46. The van der Waals surface area contributed by atoms with E-state index in [1.807, 2.05) is 20.8 Å². The second-order valence-corrected chi connectivity index (χ2v) is 8.35. The van der Waals surface area contributed by atoms with E-state index in [1.54, 1.807) is 17.0 Å². The maximum absolute atomic E-state index is 12.4. The minimum Gasteiger partial charge on any atom is -0.444 e. The van der Waals surface area contributed by atoms with Crippen molar-refractivity contribution in [3.8, 4) is 5.75 Å². The second-order valence-electron chi connectivity index (χ2n) is 7.50. The Hall–Kier alpha value is -1.64. The summed E-state index contributed by atoms with van der Waals surface area (Å²) in [6, 6.07) is 4.58. The number of piperidine rings is 1. The van der Waals surface area contributed by atoms with Gasteiger partial charge in [-0.2, -0.15) is 0 Å². The van der Waals surface area contributed by atoms with Crippen LogP contribution in [0.25, 0.3) is 0 Å². The van der Waals surface area contributed by atoms with Crippen LogP contribution in [-0.2, 0) is 4.74 Å². The summed E-state index contributed by atoms with van der Waals surface area (Å²) < 4.78 is 46.7. The Labute approximate surface area is 158 Å². The van der Waals surface area contributed by atoms with Crippen molar-refractivity contribution in [1.82, 2.24) is 4.90 Å². The van der Waals surface area contributed by atoms with Gasteiger partial charge in [-0.05, 0) is 61.3 Å². The number of amides is 1. The first-order valence-corrected chi connectivity index (χ1v) is 9.04. The van der Waals surface area contributed by atoms with E-state index in [0.717, 1.165) is 12.1 Å². The quantitative estimate of drug-likeness (QED) is 0.681. The first-order valence-electron chi connectivity index (χ1n) is 8.24. The Morgan fingerprint density at radius 3 is 2.31 bits per heavy atom. The van der Waals surface area contributed by atoms with E-state index in [0.29, 0.717) is 13.1 Å². The predicted octanol–water partition coefficient (Wildman–Crippen LogP) is 4.55. The lowest BCUT2D eigenvalue weighted by atomic mass is 9.87. The van der Waals surface area contributed by atoms with Crippen LogP contribution in [0.4, 0.5) is 23.7 Å². The van der Waals surface area contributed by atoms with Crippen LogP contribution in [0.5, 0.6) is 5.75 Å². The third-order valence-corrected chi connectivity index (χ3v) is 4.92. The van der Waals surface area contributed by atoms with Gasteiger partial charge in [-0.3, -0.25) is 4.90 Å². The van der Waals surface area contributed by atoms with Gasteiger partial charge < -0.3 is 14.4 Å². The van der Waals surface area contributed by atoms with Gasteiger partial charge in [0.05, 0.1) is 16.6 Å². The van der Waals surface area contributed by atoms with Crippen LogP contribution >= 0.6 is 15.9 Å². The highest BCUT2D eigenvalue weighted by Gasteiger charge is 2.48. The summed E-state index contributed by atoms with van der Waals surface area (Å²) in [5.41, 5.74) is 0.241. The van der Waals surface area contributed by atoms with E-state index < -0.39 is 12.0 Å². The van der Waals surface area contributed by atoms with Gasteiger partial charge in [0.25, 0.3) is 0 Å². The third kappa shape index (κ3) is 4.19. The van der Waals surface area contributed by atoms with Crippen LogP contribution < -0.4 is 9.64 Å². The summed E-state index contributed by atoms with van der Waals surface area (Å²) in [6.07, 6.45) is -4.13. The molecule has 5 nitrogen and oxygen atoms in total. The highest BCUT2D eigenvalue weighted by Crippen LogP contribution is 2.38. The molecule has 1 amide bonds. The fourth-order valence-electron chi connectivity index (χ4n) is 3.33. The number of carbonyl (C=O) groups excluding carboxylic acids is 1. The number of anilines is 1. The summed E-state index contributed by atoms with van der Waals surface area (Å²) in [4.78, 5) is 16.1. The third-order valence-electron chi connectivity index (χ3n) is 4.30. The standard InChI is InChI=1S/C17H20BrF3N2O3/c1-16(2,3)26-15(24)23-11-6-12(23)9-22(8-11)10-4-5-14(13(18)7-10)25-17(19,20)21/h4-5,7,11-12H,6,8-9H2,1-3H3. The number of nitrogens with zero attached hydrogens (tertiary/aromatic N) is 2. The van der Waals surface area contributed by atoms with Crippen molar-refractivity contribution >= 4 is 27.7 Å². The van der Waals surface area contributed by atoms with Gasteiger partial charge in [0.1, 0.15) is 11.4 Å². The maximum atomic E-state index is 12.4. The number of hydrogen-bond acceptors (Lipinski definition) is 4. The van der Waals surface area contributed by atoms with Crippen molar-refractivity contribution in [2.75, 3.05) is 18.0 Å². The van der Waals surface area contributed by atoms with Gasteiger partial charge >= 0.3 is 12.5 Å². The largest absolute Gasteiger partial charge is 0.573 e. The molecule has 0 radical (unpaired) electrons. The topological polar surface area (TPSA) is 42.0 Å². The molecule has 3 heterocycles. The summed E-state index contributed by atoms with van der Waals surface area (Å²) in [7, 11) is 0. The van der Waals surface area contributed by atoms with Crippen molar-refractivity contribution in [3.63, 3.8) is 0 Å². The number of carbonyl (C=O) groups is 1. The SMILES string of the molecule is CC(C)(C)OC(=O)N1C2CC1CN(c1ccc(OC(F)(F)F)c(Br)c1)C2. The van der Waals surface area contributed by atoms with Crippen LogP contribution in [0.2, 0.25) is 0 Å². The molecule has 9 heteroatoms. The van der Waals surface area contributed by atoms with Crippen LogP contribution in [0, 0.1) is 0 Å². The lowest BCUT2D eigenvalue weighted by Gasteiger charge is -2.56. The fraction of sp³-hybridized carbons (Fsp3) is 0.588. The molecule has 3 aliphatic rings. The Bertz CT molecular complexity index is 693. The van der Waals surface area contributed by atoms with E-state index in [9.17, 15) is 18.0 Å². The molecule has 1 aromatic rings. The fourth-order valence-corrected chi connectivity index (χ4v) is 3.77. The van der Waals surface area contributed by atoms with E-state index in [1.165, 1.54) is 6.07 Å². The van der Waals surface area contributed by atoms with Crippen LogP contribution in [0.1, 0.15) is 27.2 Å². The van der Waals surface area contributed by atoms with Crippen LogP contribution in [0.15, 0.2) is 22.7 Å². The molecule has 3 saturated heterocycles. The monoisotopic (exact) mass is 436 g/mol. The first kappa shape index (κ1) is 19.1. The summed E-state index contributed by atoms with van der Waals surface area (Å²) >= 11 is 3.12. The van der Waals surface area contributed by atoms with E-state index in [2.05, 4.69) is 25.6 Å². The number of rotatable bonds is 2. The zero-order chi connectivity index (χ0) is 19.3. The molecular formula is C17H20BrF3N2O3. The second kappa shape index (κ2) is 6.51. The van der Waals surface area contributed by atoms with E-state index >= 15 is 0 Å². The van der Waals surface area contributed by atoms with Crippen molar-refractivity contribution in [1.29, 1.82) is 0 Å². The number of fused-ring (bicyclic) bond motifs is 2. The molecule has 0 saturated carbocycles. The van der Waals surface area contributed by atoms with Gasteiger partial charge in [0.15, 0.2) is 0 Å². The average molecular weight is 437 g/mol. The number of halogens is 4. The zero-order valence-corrected chi connectivity index (χ0v) is 16.2.